The molecule has 0 aliphatic carbocycles. The third-order valence-corrected chi connectivity index (χ3v) is 6.83. The van der Waals surface area contributed by atoms with E-state index in [1.54, 1.807) is 0 Å². The van der Waals surface area contributed by atoms with Crippen LogP contribution in [0.25, 0.3) is 22.2 Å². The van der Waals surface area contributed by atoms with Gasteiger partial charge in [0.25, 0.3) is 0 Å². The van der Waals surface area contributed by atoms with Crippen LogP contribution < -0.4 is 5.01 Å². The molecule has 5 aromatic rings. The van der Waals surface area contributed by atoms with Crippen molar-refractivity contribution in [1.82, 2.24) is 9.97 Å². The Morgan fingerprint density at radius 2 is 1.54 bits per heavy atom. The first-order chi connectivity index (χ1) is 17.2. The first kappa shape index (κ1) is 21.7. The minimum absolute atomic E-state index is 0.00667. The molecular weight excluding hydrogens is 496 g/mol. The van der Waals surface area contributed by atoms with E-state index in [2.05, 4.69) is 83.5 Å². The van der Waals surface area contributed by atoms with Gasteiger partial charge in [-0.3, -0.25) is 0 Å². The van der Waals surface area contributed by atoms with Gasteiger partial charge in [-0.25, -0.2) is 15.0 Å². The number of nitrogens with zero attached hydrogens (tertiary/aromatic N) is 4. The van der Waals surface area contributed by atoms with Gasteiger partial charge in [0.1, 0.15) is 0 Å². The van der Waals surface area contributed by atoms with Crippen molar-refractivity contribution >= 4 is 38.5 Å². The van der Waals surface area contributed by atoms with Gasteiger partial charge in [0.05, 0.1) is 23.0 Å². The molecule has 0 spiro atoms. The molecule has 0 N–H and O–H groups in total. The lowest BCUT2D eigenvalue weighted by Gasteiger charge is -2.23. The van der Waals surface area contributed by atoms with Crippen LogP contribution in [0.15, 0.2) is 113 Å². The summed E-state index contributed by atoms with van der Waals surface area (Å²) in [6.07, 6.45) is 0.775. The van der Waals surface area contributed by atoms with E-state index in [1.807, 2.05) is 47.5 Å². The number of anilines is 1. The molecule has 0 saturated heterocycles. The summed E-state index contributed by atoms with van der Waals surface area (Å²) >= 11 is 3.64. The molecule has 5 heteroatoms. The van der Waals surface area contributed by atoms with Gasteiger partial charge in [-0.1, -0.05) is 106 Å². The predicted molar refractivity (Wildman–Crippen MR) is 147 cm³/mol. The second-order valence-corrected chi connectivity index (χ2v) is 9.71. The zero-order chi connectivity index (χ0) is 23.8. The van der Waals surface area contributed by atoms with Gasteiger partial charge in [-0.2, -0.15) is 5.10 Å². The highest BCUT2D eigenvalue weighted by molar-refractivity contribution is 9.10. The highest BCUT2D eigenvalue weighted by atomic mass is 79.9. The fourth-order valence-electron chi connectivity index (χ4n) is 4.65. The lowest BCUT2D eigenvalue weighted by atomic mass is 9.98. The van der Waals surface area contributed by atoms with Crippen LogP contribution in [0.4, 0.5) is 5.95 Å². The number of rotatable bonds is 4. The van der Waals surface area contributed by atoms with Crippen LogP contribution in [-0.4, -0.2) is 15.7 Å². The van der Waals surface area contributed by atoms with Crippen molar-refractivity contribution in [2.75, 3.05) is 5.01 Å². The summed E-state index contributed by atoms with van der Waals surface area (Å²) in [5.74, 6) is 0.607. The van der Waals surface area contributed by atoms with E-state index in [0.29, 0.717) is 5.95 Å². The number of hydrazone groups is 1. The average molecular weight is 519 g/mol. The Balaban J connectivity index is 1.54. The summed E-state index contributed by atoms with van der Waals surface area (Å²) in [4.78, 5) is 10.1. The van der Waals surface area contributed by atoms with E-state index >= 15 is 0 Å². The maximum absolute atomic E-state index is 5.11. The SMILES string of the molecule is Cc1cccc(C2=NN(c3nc(-c4ccccc4)c4ccccc4n3)[C@H](c3cccc(Br)c3)C2)c1. The van der Waals surface area contributed by atoms with Gasteiger partial charge < -0.3 is 0 Å². The maximum atomic E-state index is 5.11. The molecule has 0 radical (unpaired) electrons. The van der Waals surface area contributed by atoms with Gasteiger partial charge >= 0.3 is 0 Å². The van der Waals surface area contributed by atoms with Crippen LogP contribution >= 0.6 is 15.9 Å². The first-order valence-corrected chi connectivity index (χ1v) is 12.5. The van der Waals surface area contributed by atoms with E-state index < -0.39 is 0 Å². The van der Waals surface area contributed by atoms with Gasteiger partial charge in [-0.15, -0.1) is 0 Å². The Labute approximate surface area is 213 Å². The van der Waals surface area contributed by atoms with Crippen LogP contribution in [0.5, 0.6) is 0 Å². The number of hydrogen-bond donors (Lipinski definition) is 0. The summed E-state index contributed by atoms with van der Waals surface area (Å²) in [6, 6.07) is 35.4. The lowest BCUT2D eigenvalue weighted by Crippen LogP contribution is -2.21. The molecule has 0 unspecified atom stereocenters. The van der Waals surface area contributed by atoms with Crippen molar-refractivity contribution < 1.29 is 0 Å². The zero-order valence-electron chi connectivity index (χ0n) is 19.3. The van der Waals surface area contributed by atoms with Gasteiger partial charge in [-0.05, 0) is 36.2 Å². The summed E-state index contributed by atoms with van der Waals surface area (Å²) < 4.78 is 1.04. The van der Waals surface area contributed by atoms with Gasteiger partial charge in [0.2, 0.25) is 5.95 Å². The zero-order valence-corrected chi connectivity index (χ0v) is 20.9. The number of para-hydroxylation sites is 1. The molecule has 1 aliphatic rings. The van der Waals surface area contributed by atoms with Crippen LogP contribution in [0, 0.1) is 6.92 Å². The third kappa shape index (κ3) is 4.24. The average Bonchev–Trinajstić information content (AvgIpc) is 3.34. The molecular formula is C30H23BrN4. The third-order valence-electron chi connectivity index (χ3n) is 6.34. The number of hydrogen-bond acceptors (Lipinski definition) is 4. The van der Waals surface area contributed by atoms with Crippen LogP contribution in [0.3, 0.4) is 0 Å². The van der Waals surface area contributed by atoms with Crippen molar-refractivity contribution in [2.24, 2.45) is 5.10 Å². The van der Waals surface area contributed by atoms with E-state index in [0.717, 1.165) is 44.3 Å². The monoisotopic (exact) mass is 518 g/mol. The highest BCUT2D eigenvalue weighted by Gasteiger charge is 2.32. The Morgan fingerprint density at radius 1 is 0.771 bits per heavy atom. The summed E-state index contributed by atoms with van der Waals surface area (Å²) in [5.41, 5.74) is 7.45. The largest absolute Gasteiger partial charge is 0.247 e. The molecule has 2 heterocycles. The van der Waals surface area contributed by atoms with Crippen molar-refractivity contribution in [2.45, 2.75) is 19.4 Å². The number of fused-ring (bicyclic) bond motifs is 1. The molecule has 1 aromatic heterocycles. The van der Waals surface area contributed by atoms with Crippen LogP contribution in [-0.2, 0) is 0 Å². The van der Waals surface area contributed by atoms with Crippen molar-refractivity contribution in [3.8, 4) is 11.3 Å². The molecule has 0 saturated carbocycles. The second-order valence-electron chi connectivity index (χ2n) is 8.79. The smallest absolute Gasteiger partial charge is 0.223 e. The van der Waals surface area contributed by atoms with E-state index in [9.17, 15) is 0 Å². The van der Waals surface area contributed by atoms with Crippen molar-refractivity contribution in [1.29, 1.82) is 0 Å². The van der Waals surface area contributed by atoms with Crippen molar-refractivity contribution in [3.63, 3.8) is 0 Å². The minimum Gasteiger partial charge on any atom is -0.223 e. The number of aromatic nitrogens is 2. The van der Waals surface area contributed by atoms with Crippen molar-refractivity contribution in [3.05, 3.63) is 124 Å². The standard InChI is InChI=1S/C30H23BrN4/c1-20-9-7-12-22(17-20)27-19-28(23-13-8-14-24(31)18-23)35(34-27)30-32-26-16-6-5-15-25(26)29(33-30)21-10-3-2-4-11-21/h2-18,28H,19H2,1H3/t28-/m0/s1. The first-order valence-electron chi connectivity index (χ1n) is 11.7. The van der Waals surface area contributed by atoms with Crippen LogP contribution in [0.1, 0.15) is 29.2 Å². The van der Waals surface area contributed by atoms with Crippen LogP contribution in [0.2, 0.25) is 0 Å². The molecule has 4 aromatic carbocycles. The summed E-state index contributed by atoms with van der Waals surface area (Å²) in [7, 11) is 0. The molecule has 0 fully saturated rings. The topological polar surface area (TPSA) is 41.4 Å². The highest BCUT2D eigenvalue weighted by Crippen LogP contribution is 2.38. The number of aryl methyl sites for hydroxylation is 1. The molecule has 35 heavy (non-hydrogen) atoms. The second kappa shape index (κ2) is 9.08. The van der Waals surface area contributed by atoms with E-state index in [1.165, 1.54) is 11.1 Å². The number of halogens is 1. The maximum Gasteiger partial charge on any atom is 0.247 e. The van der Waals surface area contributed by atoms with E-state index in [4.69, 9.17) is 15.1 Å². The molecule has 170 valence electrons. The Bertz CT molecular complexity index is 1560. The van der Waals surface area contributed by atoms with Gasteiger partial charge in [0, 0.05) is 21.8 Å². The molecule has 1 aliphatic heterocycles. The Kier molecular flexibility index (Phi) is 5.63. The normalized spacial score (nSPS) is 15.4. The Hall–Kier alpha value is -3.83. The molecule has 1 atom stereocenters. The Morgan fingerprint density at radius 3 is 2.37 bits per heavy atom. The molecule has 6 rings (SSSR count). The van der Waals surface area contributed by atoms with E-state index in [-0.39, 0.29) is 6.04 Å². The summed E-state index contributed by atoms with van der Waals surface area (Å²) in [6.45, 7) is 2.11. The predicted octanol–water partition coefficient (Wildman–Crippen LogP) is 7.72. The molecule has 0 amide bonds. The quantitative estimate of drug-likeness (QED) is 0.244. The fourth-order valence-corrected chi connectivity index (χ4v) is 5.07. The molecule has 0 bridgehead atoms. The lowest BCUT2D eigenvalue weighted by molar-refractivity contribution is 0.688. The molecule has 4 nitrogen and oxygen atoms in total. The number of benzene rings is 4. The minimum atomic E-state index is -0.00667. The van der Waals surface area contributed by atoms with Gasteiger partial charge in [0.15, 0.2) is 0 Å². The fraction of sp³-hybridized carbons (Fsp3) is 0.100. The summed E-state index contributed by atoms with van der Waals surface area (Å²) in [5, 5.41) is 8.14.